The van der Waals surface area contributed by atoms with Gasteiger partial charge in [0.05, 0.1) is 5.56 Å². The molecule has 0 bridgehead atoms. The summed E-state index contributed by atoms with van der Waals surface area (Å²) in [6.45, 7) is 1.84. The number of hydrogen-bond acceptors (Lipinski definition) is 2. The number of amides is 1. The third-order valence-corrected chi connectivity index (χ3v) is 3.58. The smallest absolute Gasteiger partial charge is 0.259 e. The number of nitrogens with one attached hydrogen (secondary N) is 1. The molecule has 0 aliphatic carbocycles. The summed E-state index contributed by atoms with van der Waals surface area (Å²) in [6, 6.07) is 8.60. The molecule has 5 heteroatoms. The summed E-state index contributed by atoms with van der Waals surface area (Å²) >= 11 is 3.36. The first kappa shape index (κ1) is 13.5. The molecule has 0 atom stereocenters. The zero-order chi connectivity index (χ0) is 14.0. The molecule has 0 unspecified atom stereocenters. The van der Waals surface area contributed by atoms with Gasteiger partial charge in [0, 0.05) is 10.2 Å². The first-order chi connectivity index (χ1) is 8.99. The minimum Gasteiger partial charge on any atom is -0.507 e. The number of phenolic OH excluding ortho intramolecular Hbond substituents is 1. The van der Waals surface area contributed by atoms with Gasteiger partial charge in [0.25, 0.3) is 5.91 Å². The Balaban J connectivity index is 2.31. The van der Waals surface area contributed by atoms with Crippen molar-refractivity contribution in [1.29, 1.82) is 0 Å². The SMILES string of the molecule is Cc1c(Br)cccc1NC(=O)c1cc(F)ccc1O. The molecule has 2 N–H and O–H groups in total. The van der Waals surface area contributed by atoms with Crippen LogP contribution in [0.2, 0.25) is 0 Å². The van der Waals surface area contributed by atoms with E-state index >= 15 is 0 Å². The van der Waals surface area contributed by atoms with Crippen LogP contribution in [0.1, 0.15) is 15.9 Å². The maximum atomic E-state index is 13.1. The van der Waals surface area contributed by atoms with E-state index in [1.807, 2.05) is 13.0 Å². The number of anilines is 1. The fraction of sp³-hybridized carbons (Fsp3) is 0.0714. The number of carbonyl (C=O) groups is 1. The maximum Gasteiger partial charge on any atom is 0.259 e. The van der Waals surface area contributed by atoms with E-state index in [1.165, 1.54) is 0 Å². The largest absolute Gasteiger partial charge is 0.507 e. The summed E-state index contributed by atoms with van der Waals surface area (Å²) in [6.07, 6.45) is 0. The highest BCUT2D eigenvalue weighted by molar-refractivity contribution is 9.10. The highest BCUT2D eigenvalue weighted by Crippen LogP contribution is 2.25. The van der Waals surface area contributed by atoms with E-state index in [9.17, 15) is 14.3 Å². The Morgan fingerprint density at radius 1 is 1.32 bits per heavy atom. The van der Waals surface area contributed by atoms with Gasteiger partial charge in [-0.2, -0.15) is 0 Å². The Labute approximate surface area is 118 Å². The van der Waals surface area contributed by atoms with E-state index < -0.39 is 11.7 Å². The summed E-state index contributed by atoms with van der Waals surface area (Å²) in [4.78, 5) is 12.0. The Morgan fingerprint density at radius 2 is 2.05 bits per heavy atom. The minimum atomic E-state index is -0.575. The molecule has 2 aromatic rings. The highest BCUT2D eigenvalue weighted by Gasteiger charge is 2.13. The van der Waals surface area contributed by atoms with Gasteiger partial charge < -0.3 is 10.4 Å². The van der Waals surface area contributed by atoms with Crippen LogP contribution in [-0.4, -0.2) is 11.0 Å². The van der Waals surface area contributed by atoms with Crippen LogP contribution in [-0.2, 0) is 0 Å². The predicted octanol–water partition coefficient (Wildman–Crippen LogP) is 3.85. The molecule has 0 fully saturated rings. The van der Waals surface area contributed by atoms with Crippen molar-refractivity contribution < 1.29 is 14.3 Å². The van der Waals surface area contributed by atoms with Crippen LogP contribution in [0.4, 0.5) is 10.1 Å². The van der Waals surface area contributed by atoms with Crippen LogP contribution in [0.3, 0.4) is 0 Å². The molecule has 0 saturated heterocycles. The van der Waals surface area contributed by atoms with Crippen LogP contribution in [0.25, 0.3) is 0 Å². The monoisotopic (exact) mass is 323 g/mol. The van der Waals surface area contributed by atoms with Crippen LogP contribution in [0, 0.1) is 12.7 Å². The molecule has 2 rings (SSSR count). The quantitative estimate of drug-likeness (QED) is 0.881. The van der Waals surface area contributed by atoms with E-state index in [2.05, 4.69) is 21.2 Å². The Hall–Kier alpha value is -1.88. The molecule has 3 nitrogen and oxygen atoms in total. The number of aromatic hydroxyl groups is 1. The molecule has 0 radical (unpaired) electrons. The normalized spacial score (nSPS) is 10.3. The van der Waals surface area contributed by atoms with Crippen molar-refractivity contribution in [2.75, 3.05) is 5.32 Å². The zero-order valence-corrected chi connectivity index (χ0v) is 11.7. The van der Waals surface area contributed by atoms with Crippen molar-refractivity contribution in [1.82, 2.24) is 0 Å². The lowest BCUT2D eigenvalue weighted by molar-refractivity contribution is 0.102. The molecule has 98 valence electrons. The average molecular weight is 324 g/mol. The number of phenols is 1. The van der Waals surface area contributed by atoms with Crippen LogP contribution in [0.15, 0.2) is 40.9 Å². The third-order valence-electron chi connectivity index (χ3n) is 2.72. The van der Waals surface area contributed by atoms with Crippen molar-refractivity contribution >= 4 is 27.5 Å². The number of hydrogen-bond donors (Lipinski definition) is 2. The molecular formula is C14H11BrFNO2. The van der Waals surface area contributed by atoms with Gasteiger partial charge in [-0.3, -0.25) is 4.79 Å². The maximum absolute atomic E-state index is 13.1. The second-order valence-corrected chi connectivity index (χ2v) is 4.88. The van der Waals surface area contributed by atoms with E-state index in [4.69, 9.17) is 0 Å². The Morgan fingerprint density at radius 3 is 2.79 bits per heavy atom. The third kappa shape index (κ3) is 2.93. The second kappa shape index (κ2) is 5.40. The summed E-state index contributed by atoms with van der Waals surface area (Å²) in [5.74, 6) is -1.39. The first-order valence-corrected chi connectivity index (χ1v) is 6.33. The molecule has 0 saturated carbocycles. The van der Waals surface area contributed by atoms with Crippen molar-refractivity contribution in [3.8, 4) is 5.75 Å². The lowest BCUT2D eigenvalue weighted by atomic mass is 10.1. The van der Waals surface area contributed by atoms with E-state index in [0.717, 1.165) is 28.2 Å². The van der Waals surface area contributed by atoms with E-state index in [1.54, 1.807) is 12.1 Å². The van der Waals surface area contributed by atoms with Crippen molar-refractivity contribution in [2.45, 2.75) is 6.92 Å². The van der Waals surface area contributed by atoms with E-state index in [-0.39, 0.29) is 11.3 Å². The molecular weight excluding hydrogens is 313 g/mol. The first-order valence-electron chi connectivity index (χ1n) is 5.54. The van der Waals surface area contributed by atoms with Crippen molar-refractivity contribution in [2.24, 2.45) is 0 Å². The highest BCUT2D eigenvalue weighted by atomic mass is 79.9. The number of benzene rings is 2. The molecule has 0 spiro atoms. The molecule has 19 heavy (non-hydrogen) atoms. The lowest BCUT2D eigenvalue weighted by Crippen LogP contribution is -2.13. The fourth-order valence-electron chi connectivity index (χ4n) is 1.62. The number of carbonyl (C=O) groups excluding carboxylic acids is 1. The zero-order valence-electron chi connectivity index (χ0n) is 10.1. The van der Waals surface area contributed by atoms with Crippen LogP contribution in [0.5, 0.6) is 5.75 Å². The summed E-state index contributed by atoms with van der Waals surface area (Å²) in [5, 5.41) is 12.2. The fourth-order valence-corrected chi connectivity index (χ4v) is 1.99. The molecule has 2 aromatic carbocycles. The topological polar surface area (TPSA) is 49.3 Å². The Bertz CT molecular complexity index is 643. The van der Waals surface area contributed by atoms with Gasteiger partial charge >= 0.3 is 0 Å². The molecule has 0 aliphatic heterocycles. The number of halogens is 2. The average Bonchev–Trinajstić information content (AvgIpc) is 2.38. The minimum absolute atomic E-state index is 0.0978. The Kier molecular flexibility index (Phi) is 3.85. The van der Waals surface area contributed by atoms with Gasteiger partial charge in [-0.1, -0.05) is 22.0 Å². The van der Waals surface area contributed by atoms with Gasteiger partial charge in [0.15, 0.2) is 0 Å². The number of rotatable bonds is 2. The molecule has 0 aromatic heterocycles. The van der Waals surface area contributed by atoms with Crippen molar-refractivity contribution in [3.63, 3.8) is 0 Å². The van der Waals surface area contributed by atoms with Crippen LogP contribution < -0.4 is 5.32 Å². The molecule has 1 amide bonds. The van der Waals surface area contributed by atoms with Gasteiger partial charge in [0.2, 0.25) is 0 Å². The summed E-state index contributed by atoms with van der Waals surface area (Å²) < 4.78 is 13.9. The van der Waals surface area contributed by atoms with Crippen molar-refractivity contribution in [3.05, 3.63) is 57.8 Å². The van der Waals surface area contributed by atoms with Gasteiger partial charge in [0.1, 0.15) is 11.6 Å². The van der Waals surface area contributed by atoms with Gasteiger partial charge in [-0.25, -0.2) is 4.39 Å². The van der Waals surface area contributed by atoms with Crippen LogP contribution >= 0.6 is 15.9 Å². The van der Waals surface area contributed by atoms with Gasteiger partial charge in [-0.05, 0) is 42.8 Å². The molecule has 0 aliphatic rings. The second-order valence-electron chi connectivity index (χ2n) is 4.03. The summed E-state index contributed by atoms with van der Waals surface area (Å²) in [7, 11) is 0. The standard InChI is InChI=1S/C14H11BrFNO2/c1-8-11(15)3-2-4-12(8)17-14(19)10-7-9(16)5-6-13(10)18/h2-7,18H,1H3,(H,17,19). The van der Waals surface area contributed by atoms with Gasteiger partial charge in [-0.15, -0.1) is 0 Å². The lowest BCUT2D eigenvalue weighted by Gasteiger charge is -2.10. The van der Waals surface area contributed by atoms with E-state index in [0.29, 0.717) is 5.69 Å². The summed E-state index contributed by atoms with van der Waals surface area (Å²) in [5.41, 5.74) is 1.36. The molecule has 0 heterocycles. The predicted molar refractivity (Wildman–Crippen MR) is 74.9 cm³/mol.